The minimum Gasteiger partial charge on any atom is -0.356 e. The molecule has 1 aliphatic heterocycles. The number of nitrogens with zero attached hydrogens (tertiary/aromatic N) is 3. The summed E-state index contributed by atoms with van der Waals surface area (Å²) in [6.45, 7) is 7.13. The Morgan fingerprint density at radius 1 is 1.19 bits per heavy atom. The van der Waals surface area contributed by atoms with E-state index >= 15 is 0 Å². The van der Waals surface area contributed by atoms with Crippen LogP contribution >= 0.6 is 35.3 Å². The van der Waals surface area contributed by atoms with E-state index in [1.807, 2.05) is 30.6 Å². The number of unbranched alkanes of at least 4 members (excludes halogenated alkanes) is 1. The highest BCUT2D eigenvalue weighted by molar-refractivity contribution is 14.0. The van der Waals surface area contributed by atoms with Crippen molar-refractivity contribution in [3.63, 3.8) is 0 Å². The van der Waals surface area contributed by atoms with Crippen molar-refractivity contribution in [1.82, 2.24) is 20.1 Å². The second-order valence-electron chi connectivity index (χ2n) is 8.07. The van der Waals surface area contributed by atoms with Gasteiger partial charge in [0.1, 0.15) is 0 Å². The molecule has 1 atom stereocenters. The molecule has 0 bridgehead atoms. The van der Waals surface area contributed by atoms with Crippen molar-refractivity contribution < 1.29 is 0 Å². The number of thiophene rings is 1. The first-order chi connectivity index (χ1) is 14.7. The molecule has 6 nitrogen and oxygen atoms in total. The number of pyridine rings is 1. The van der Waals surface area contributed by atoms with E-state index in [1.165, 1.54) is 17.7 Å². The minimum atomic E-state index is 0. The van der Waals surface area contributed by atoms with Crippen molar-refractivity contribution >= 4 is 41.3 Å². The third kappa shape index (κ3) is 8.23. The van der Waals surface area contributed by atoms with E-state index in [4.69, 9.17) is 0 Å². The highest BCUT2D eigenvalue weighted by Crippen LogP contribution is 2.29. The summed E-state index contributed by atoms with van der Waals surface area (Å²) in [4.78, 5) is 20.2. The summed E-state index contributed by atoms with van der Waals surface area (Å²) >= 11 is 1.84. The average Bonchev–Trinajstić information content (AvgIpc) is 3.29. The van der Waals surface area contributed by atoms with E-state index in [2.05, 4.69) is 45.0 Å². The number of halogens is 1. The number of guanidine groups is 1. The monoisotopic (exact) mass is 557 g/mol. The third-order valence-corrected chi connectivity index (χ3v) is 6.81. The number of nitrogens with one attached hydrogen (secondary N) is 2. The van der Waals surface area contributed by atoms with Gasteiger partial charge in [-0.05, 0) is 62.2 Å². The summed E-state index contributed by atoms with van der Waals surface area (Å²) in [7, 11) is 1.82. The van der Waals surface area contributed by atoms with Gasteiger partial charge in [0.2, 0.25) is 5.56 Å². The van der Waals surface area contributed by atoms with Gasteiger partial charge in [0.15, 0.2) is 5.96 Å². The number of hydrogen-bond donors (Lipinski definition) is 2. The fraction of sp³-hybridized carbons (Fsp3) is 0.565. The summed E-state index contributed by atoms with van der Waals surface area (Å²) < 4.78 is 1.76. The molecule has 0 aromatic carbocycles. The van der Waals surface area contributed by atoms with Gasteiger partial charge in [-0.3, -0.25) is 14.7 Å². The molecule has 31 heavy (non-hydrogen) atoms. The fourth-order valence-electron chi connectivity index (χ4n) is 3.90. The van der Waals surface area contributed by atoms with E-state index in [0.717, 1.165) is 57.4 Å². The third-order valence-electron chi connectivity index (χ3n) is 5.83. The normalized spacial score (nSPS) is 16.5. The molecular formula is C23H36IN5OS. The molecule has 1 fully saturated rings. The lowest BCUT2D eigenvalue weighted by molar-refractivity contribution is 0.140. The van der Waals surface area contributed by atoms with E-state index in [-0.39, 0.29) is 29.5 Å². The molecule has 0 radical (unpaired) electrons. The molecule has 0 aliphatic carbocycles. The van der Waals surface area contributed by atoms with Gasteiger partial charge in [0.05, 0.1) is 6.04 Å². The van der Waals surface area contributed by atoms with Gasteiger partial charge in [0, 0.05) is 43.8 Å². The van der Waals surface area contributed by atoms with Gasteiger partial charge in [-0.2, -0.15) is 0 Å². The number of aryl methyl sites for hydroxylation is 1. The van der Waals surface area contributed by atoms with Crippen LogP contribution in [0, 0.1) is 5.92 Å². The van der Waals surface area contributed by atoms with Crippen molar-refractivity contribution in [1.29, 1.82) is 0 Å². The smallest absolute Gasteiger partial charge is 0.250 e. The highest BCUT2D eigenvalue weighted by Gasteiger charge is 2.25. The van der Waals surface area contributed by atoms with Crippen LogP contribution in [-0.4, -0.2) is 48.7 Å². The number of likely N-dealkylation sites (tertiary alicyclic amines) is 1. The number of aromatic nitrogens is 1. The summed E-state index contributed by atoms with van der Waals surface area (Å²) in [5, 5.41) is 9.12. The van der Waals surface area contributed by atoms with Crippen molar-refractivity contribution in [2.24, 2.45) is 10.9 Å². The minimum absolute atomic E-state index is 0. The molecule has 3 heterocycles. The molecule has 8 heteroatoms. The lowest BCUT2D eigenvalue weighted by Gasteiger charge is -2.36. The first-order valence-electron chi connectivity index (χ1n) is 11.0. The molecule has 3 rings (SSSR count). The summed E-state index contributed by atoms with van der Waals surface area (Å²) in [6, 6.07) is 10.1. The van der Waals surface area contributed by atoms with Crippen LogP contribution in [0.3, 0.4) is 0 Å². The van der Waals surface area contributed by atoms with E-state index in [0.29, 0.717) is 6.04 Å². The van der Waals surface area contributed by atoms with Crippen LogP contribution in [0.1, 0.15) is 43.5 Å². The van der Waals surface area contributed by atoms with Crippen molar-refractivity contribution in [2.75, 3.05) is 33.2 Å². The SMILES string of the molecule is CN=C(NCCCCn1ccccc1=O)NCC(c1cccs1)N1CCC(C)CC1.I. The number of hydrogen-bond acceptors (Lipinski definition) is 4. The maximum Gasteiger partial charge on any atom is 0.250 e. The Kier molecular flexibility index (Phi) is 11.6. The lowest BCUT2D eigenvalue weighted by atomic mass is 9.97. The Bertz CT molecular complexity index is 830. The number of aliphatic imine (C=N–C) groups is 1. The van der Waals surface area contributed by atoms with Crippen LogP contribution in [0.15, 0.2) is 51.7 Å². The molecular weight excluding hydrogens is 521 g/mol. The summed E-state index contributed by atoms with van der Waals surface area (Å²) in [5.41, 5.74) is 0.0645. The van der Waals surface area contributed by atoms with Gasteiger partial charge < -0.3 is 15.2 Å². The van der Waals surface area contributed by atoms with Crippen LogP contribution in [0.2, 0.25) is 0 Å². The second-order valence-corrected chi connectivity index (χ2v) is 9.05. The van der Waals surface area contributed by atoms with Gasteiger partial charge in [-0.15, -0.1) is 35.3 Å². The first kappa shape index (κ1) is 25.9. The molecule has 0 saturated carbocycles. The van der Waals surface area contributed by atoms with Gasteiger partial charge in [0.25, 0.3) is 0 Å². The predicted octanol–water partition coefficient (Wildman–Crippen LogP) is 3.95. The average molecular weight is 558 g/mol. The molecule has 0 amide bonds. The number of rotatable bonds is 9. The molecule has 172 valence electrons. The molecule has 2 N–H and O–H groups in total. The zero-order valence-electron chi connectivity index (χ0n) is 18.6. The Labute approximate surface area is 207 Å². The van der Waals surface area contributed by atoms with E-state index in [9.17, 15) is 4.79 Å². The maximum absolute atomic E-state index is 11.7. The zero-order valence-corrected chi connectivity index (χ0v) is 21.8. The van der Waals surface area contributed by atoms with Crippen LogP contribution in [0.4, 0.5) is 0 Å². The molecule has 2 aromatic rings. The van der Waals surface area contributed by atoms with Crippen LogP contribution in [0.5, 0.6) is 0 Å². The molecule has 2 aromatic heterocycles. The topological polar surface area (TPSA) is 61.7 Å². The quantitative estimate of drug-likeness (QED) is 0.212. The highest BCUT2D eigenvalue weighted by atomic mass is 127. The Hall–Kier alpha value is -1.39. The van der Waals surface area contributed by atoms with Crippen molar-refractivity contribution in [2.45, 2.75) is 45.2 Å². The fourth-order valence-corrected chi connectivity index (χ4v) is 4.76. The maximum atomic E-state index is 11.7. The van der Waals surface area contributed by atoms with Gasteiger partial charge >= 0.3 is 0 Å². The Morgan fingerprint density at radius 3 is 2.68 bits per heavy atom. The van der Waals surface area contributed by atoms with Crippen LogP contribution in [-0.2, 0) is 6.54 Å². The van der Waals surface area contributed by atoms with E-state index in [1.54, 1.807) is 16.7 Å². The standard InChI is InChI=1S/C23H35N5OS.HI/c1-19-10-15-27(16-11-19)20(21-8-7-17-30-21)18-26-23(24-2)25-12-4-6-14-28-13-5-3-9-22(28)29;/h3,5,7-9,13,17,19-20H,4,6,10-12,14-16,18H2,1-2H3,(H2,24,25,26);1H. The number of piperidine rings is 1. The Morgan fingerprint density at radius 2 is 2.00 bits per heavy atom. The van der Waals surface area contributed by atoms with Crippen molar-refractivity contribution in [3.8, 4) is 0 Å². The van der Waals surface area contributed by atoms with Gasteiger partial charge in [-0.25, -0.2) is 0 Å². The van der Waals surface area contributed by atoms with Crippen LogP contribution in [0.25, 0.3) is 0 Å². The van der Waals surface area contributed by atoms with Crippen molar-refractivity contribution in [3.05, 3.63) is 57.1 Å². The molecule has 1 saturated heterocycles. The second kappa shape index (κ2) is 13.9. The molecule has 0 spiro atoms. The molecule has 1 aliphatic rings. The van der Waals surface area contributed by atoms with Crippen LogP contribution < -0.4 is 16.2 Å². The summed E-state index contributed by atoms with van der Waals surface area (Å²) in [6.07, 6.45) is 6.35. The Balaban J connectivity index is 0.00000341. The predicted molar refractivity (Wildman–Crippen MR) is 142 cm³/mol. The lowest BCUT2D eigenvalue weighted by Crippen LogP contribution is -2.45. The molecule has 1 unspecified atom stereocenters. The first-order valence-corrected chi connectivity index (χ1v) is 11.9. The summed E-state index contributed by atoms with van der Waals surface area (Å²) in [5.74, 6) is 1.68. The largest absolute Gasteiger partial charge is 0.356 e. The zero-order chi connectivity index (χ0) is 21.2. The van der Waals surface area contributed by atoms with Gasteiger partial charge in [-0.1, -0.05) is 19.1 Å². The van der Waals surface area contributed by atoms with E-state index < -0.39 is 0 Å².